The molecule has 2 unspecified atom stereocenters. The first-order valence-electron chi connectivity index (χ1n) is 9.79. The molecule has 2 aliphatic heterocycles. The fraction of sp³-hybridized carbons (Fsp3) is 0.167. The summed E-state index contributed by atoms with van der Waals surface area (Å²) in [6.45, 7) is 0. The number of hydrogen-bond acceptors (Lipinski definition) is 5. The van der Waals surface area contributed by atoms with Gasteiger partial charge in [-0.25, -0.2) is 5.01 Å². The Bertz CT molecular complexity index is 1180. The molecule has 3 aromatic carbocycles. The third-order valence-electron chi connectivity index (χ3n) is 5.53. The lowest BCUT2D eigenvalue weighted by Gasteiger charge is -2.37. The Morgan fingerprint density at radius 2 is 1.74 bits per heavy atom. The second-order valence-corrected chi connectivity index (χ2v) is 9.23. The molecular formula is C24H18Br2N2O3. The highest BCUT2D eigenvalue weighted by molar-refractivity contribution is 9.10. The van der Waals surface area contributed by atoms with E-state index in [0.29, 0.717) is 23.5 Å². The van der Waals surface area contributed by atoms with Gasteiger partial charge in [0.25, 0.3) is 6.23 Å². The van der Waals surface area contributed by atoms with Crippen molar-refractivity contribution < 1.29 is 14.3 Å². The number of Topliss-reactive ketones (excluding diaryl/α,β-unsaturated/α-hetero) is 1. The Morgan fingerprint density at radius 3 is 2.45 bits per heavy atom. The number of nitrogens with zero attached hydrogens (tertiary/aromatic N) is 2. The van der Waals surface area contributed by atoms with Crippen LogP contribution >= 0.6 is 31.9 Å². The van der Waals surface area contributed by atoms with E-state index in [-0.39, 0.29) is 11.8 Å². The average Bonchev–Trinajstić information content (AvgIpc) is 3.24. The quantitative estimate of drug-likeness (QED) is 0.382. The van der Waals surface area contributed by atoms with Crippen LogP contribution in [-0.2, 0) is 0 Å². The number of carbonyl (C=O) groups excluding carboxylic acids is 1. The lowest BCUT2D eigenvalue weighted by atomic mass is 9.96. The molecule has 0 aromatic heterocycles. The molecule has 0 spiro atoms. The second kappa shape index (κ2) is 8.13. The first kappa shape index (κ1) is 20.3. The van der Waals surface area contributed by atoms with E-state index in [4.69, 9.17) is 14.6 Å². The molecule has 31 heavy (non-hydrogen) atoms. The zero-order valence-electron chi connectivity index (χ0n) is 16.6. The molecule has 5 rings (SSSR count). The van der Waals surface area contributed by atoms with Gasteiger partial charge in [0.1, 0.15) is 11.5 Å². The number of ketones is 1. The molecule has 2 atom stereocenters. The van der Waals surface area contributed by atoms with Gasteiger partial charge in [-0.3, -0.25) is 4.79 Å². The van der Waals surface area contributed by atoms with Gasteiger partial charge in [0, 0.05) is 26.5 Å². The summed E-state index contributed by atoms with van der Waals surface area (Å²) in [5, 5.41) is 6.65. The molecule has 2 aliphatic rings. The van der Waals surface area contributed by atoms with Gasteiger partial charge in [-0.15, -0.1) is 0 Å². The Labute approximate surface area is 196 Å². The van der Waals surface area contributed by atoms with E-state index in [0.717, 1.165) is 25.8 Å². The van der Waals surface area contributed by atoms with Crippen molar-refractivity contribution in [1.82, 2.24) is 5.01 Å². The highest BCUT2D eigenvalue weighted by Gasteiger charge is 2.43. The van der Waals surface area contributed by atoms with Crippen LogP contribution in [0.3, 0.4) is 0 Å². The third-order valence-corrected chi connectivity index (χ3v) is 6.55. The molecule has 5 nitrogen and oxygen atoms in total. The van der Waals surface area contributed by atoms with Crippen LogP contribution in [0, 0.1) is 0 Å². The van der Waals surface area contributed by atoms with E-state index in [1.165, 1.54) is 0 Å². The number of methoxy groups -OCH3 is 1. The molecule has 0 amide bonds. The van der Waals surface area contributed by atoms with Crippen LogP contribution in [0.4, 0.5) is 0 Å². The molecule has 3 aromatic rings. The van der Waals surface area contributed by atoms with E-state index in [2.05, 4.69) is 31.9 Å². The lowest BCUT2D eigenvalue weighted by molar-refractivity contribution is -0.00459. The normalized spacial score (nSPS) is 19.2. The molecular weight excluding hydrogens is 524 g/mol. The van der Waals surface area contributed by atoms with Crippen molar-refractivity contribution in [1.29, 1.82) is 0 Å². The van der Waals surface area contributed by atoms with Crippen LogP contribution in [-0.4, -0.2) is 29.8 Å². The van der Waals surface area contributed by atoms with Crippen molar-refractivity contribution in [2.45, 2.75) is 18.7 Å². The fourth-order valence-electron chi connectivity index (χ4n) is 3.95. The predicted octanol–water partition coefficient (Wildman–Crippen LogP) is 5.97. The van der Waals surface area contributed by atoms with Gasteiger partial charge in [-0.2, -0.15) is 5.10 Å². The number of fused-ring (bicyclic) bond motifs is 3. The van der Waals surface area contributed by atoms with Gasteiger partial charge in [0.15, 0.2) is 0 Å². The fourth-order valence-corrected chi connectivity index (χ4v) is 4.59. The monoisotopic (exact) mass is 540 g/mol. The highest BCUT2D eigenvalue weighted by atomic mass is 79.9. The van der Waals surface area contributed by atoms with Crippen LogP contribution in [0.25, 0.3) is 0 Å². The summed E-state index contributed by atoms with van der Waals surface area (Å²) in [5.41, 5.74) is 3.53. The minimum atomic E-state index is -0.833. The number of carbonyl (C=O) groups is 1. The second-order valence-electron chi connectivity index (χ2n) is 7.40. The predicted molar refractivity (Wildman–Crippen MR) is 126 cm³/mol. The van der Waals surface area contributed by atoms with E-state index < -0.39 is 6.23 Å². The van der Waals surface area contributed by atoms with Crippen molar-refractivity contribution >= 4 is 43.4 Å². The van der Waals surface area contributed by atoms with Crippen molar-refractivity contribution in [3.8, 4) is 11.5 Å². The molecule has 0 radical (unpaired) electrons. The number of hydrazone groups is 1. The van der Waals surface area contributed by atoms with Crippen molar-refractivity contribution in [3.05, 3.63) is 92.4 Å². The molecule has 0 fully saturated rings. The molecule has 2 heterocycles. The summed E-state index contributed by atoms with van der Waals surface area (Å²) in [7, 11) is 1.60. The van der Waals surface area contributed by atoms with E-state index in [1.54, 1.807) is 36.4 Å². The Balaban J connectivity index is 1.55. The number of benzene rings is 3. The van der Waals surface area contributed by atoms with Crippen LogP contribution in [0.2, 0.25) is 0 Å². The molecule has 156 valence electrons. The molecule has 0 N–H and O–H groups in total. The van der Waals surface area contributed by atoms with Gasteiger partial charge in [0.2, 0.25) is 5.78 Å². The maximum absolute atomic E-state index is 13.4. The number of hydrogen-bond donors (Lipinski definition) is 0. The summed E-state index contributed by atoms with van der Waals surface area (Å²) in [6, 6.07) is 20.9. The van der Waals surface area contributed by atoms with E-state index in [1.807, 2.05) is 42.5 Å². The maximum Gasteiger partial charge on any atom is 0.251 e. The zero-order valence-corrected chi connectivity index (χ0v) is 19.8. The maximum atomic E-state index is 13.4. The Hall–Kier alpha value is -2.64. The number of ether oxygens (including phenoxy) is 2. The largest absolute Gasteiger partial charge is 0.497 e. The minimum Gasteiger partial charge on any atom is -0.497 e. The van der Waals surface area contributed by atoms with Crippen molar-refractivity contribution in [2.24, 2.45) is 5.10 Å². The molecule has 0 saturated heterocycles. The molecule has 0 bridgehead atoms. The van der Waals surface area contributed by atoms with E-state index >= 15 is 0 Å². The summed E-state index contributed by atoms with van der Waals surface area (Å²) in [6.07, 6.45) is -0.138. The van der Waals surface area contributed by atoms with Gasteiger partial charge in [-0.05, 0) is 60.2 Å². The SMILES string of the molecule is COc1ccc(C(=O)C2Oc3ccc(Br)cc3C3CC(c4ccc(Br)cc4)=NN23)cc1. The van der Waals surface area contributed by atoms with Crippen LogP contribution in [0.5, 0.6) is 11.5 Å². The Kier molecular flexibility index (Phi) is 5.32. The van der Waals surface area contributed by atoms with Gasteiger partial charge >= 0.3 is 0 Å². The summed E-state index contributed by atoms with van der Waals surface area (Å²) < 4.78 is 13.4. The van der Waals surface area contributed by atoms with Crippen LogP contribution < -0.4 is 9.47 Å². The number of rotatable bonds is 4. The Morgan fingerprint density at radius 1 is 1.03 bits per heavy atom. The van der Waals surface area contributed by atoms with Crippen LogP contribution in [0.15, 0.2) is 80.8 Å². The highest BCUT2D eigenvalue weighted by Crippen LogP contribution is 2.44. The van der Waals surface area contributed by atoms with E-state index in [9.17, 15) is 4.79 Å². The molecule has 0 aliphatic carbocycles. The molecule has 0 saturated carbocycles. The topological polar surface area (TPSA) is 51.1 Å². The summed E-state index contributed by atoms with van der Waals surface area (Å²) in [5.74, 6) is 1.27. The molecule has 7 heteroatoms. The van der Waals surface area contributed by atoms with Gasteiger partial charge in [0.05, 0.1) is 18.9 Å². The average molecular weight is 542 g/mol. The smallest absolute Gasteiger partial charge is 0.251 e. The third kappa shape index (κ3) is 3.77. The zero-order chi connectivity index (χ0) is 21.5. The van der Waals surface area contributed by atoms with Gasteiger partial charge in [-0.1, -0.05) is 44.0 Å². The number of halogens is 2. The lowest BCUT2D eigenvalue weighted by Crippen LogP contribution is -2.45. The first-order chi connectivity index (χ1) is 15.0. The standard InChI is InChI=1S/C24H18Br2N2O3/c1-30-18-9-4-15(5-10-18)23(29)24-28-21(19-12-17(26)8-11-22(19)31-24)13-20(27-28)14-2-6-16(25)7-3-14/h2-12,21,24H,13H2,1H3. The minimum absolute atomic E-state index is 0.0768. The van der Waals surface area contributed by atoms with Gasteiger partial charge < -0.3 is 9.47 Å². The van der Waals surface area contributed by atoms with Crippen LogP contribution in [0.1, 0.15) is 33.9 Å². The van der Waals surface area contributed by atoms with Crippen molar-refractivity contribution in [2.75, 3.05) is 7.11 Å². The summed E-state index contributed by atoms with van der Waals surface area (Å²) >= 11 is 7.03. The summed E-state index contributed by atoms with van der Waals surface area (Å²) in [4.78, 5) is 13.4. The first-order valence-corrected chi connectivity index (χ1v) is 11.4. The van der Waals surface area contributed by atoms with Crippen molar-refractivity contribution in [3.63, 3.8) is 0 Å².